The number of halogens is 3. The number of ether oxygens (including phenoxy) is 1. The molecule has 0 radical (unpaired) electrons. The molecule has 4 aliphatic heterocycles. The van der Waals surface area contributed by atoms with Gasteiger partial charge < -0.3 is 29.7 Å². The number of nitrogens with zero attached hydrogens (tertiary/aromatic N) is 8. The number of fused-ring (bicyclic) bond motifs is 4. The summed E-state index contributed by atoms with van der Waals surface area (Å²) in [4.78, 5) is 54.5. The Hall–Kier alpha value is -5.55. The first-order chi connectivity index (χ1) is 30.2. The summed E-state index contributed by atoms with van der Waals surface area (Å²) in [6.45, 7) is 8.80. The van der Waals surface area contributed by atoms with Gasteiger partial charge in [0.1, 0.15) is 5.02 Å². The van der Waals surface area contributed by atoms with Crippen LogP contribution in [0.5, 0.6) is 5.75 Å². The number of aromatic nitrogens is 5. The van der Waals surface area contributed by atoms with Crippen molar-refractivity contribution in [2.75, 3.05) is 66.3 Å². The highest BCUT2D eigenvalue weighted by atomic mass is 35.5. The van der Waals surface area contributed by atoms with E-state index in [1.165, 1.54) is 4.57 Å². The first-order valence-electron chi connectivity index (χ1n) is 22.0. The van der Waals surface area contributed by atoms with Crippen LogP contribution in [0, 0.1) is 11.8 Å². The number of nitrogens with one attached hydrogen (secondary N) is 3. The second-order valence-electron chi connectivity index (χ2n) is 18.4. The molecule has 2 atom stereocenters. The van der Waals surface area contributed by atoms with Crippen LogP contribution in [0.3, 0.4) is 0 Å². The Kier molecular flexibility index (Phi) is 10.3. The van der Waals surface area contributed by atoms with E-state index >= 15 is 8.78 Å². The number of piperidine rings is 2. The van der Waals surface area contributed by atoms with E-state index in [1.54, 1.807) is 31.4 Å². The zero-order valence-electron chi connectivity index (χ0n) is 35.9. The number of piperazine rings is 1. The average molecular weight is 884 g/mol. The highest BCUT2D eigenvalue weighted by molar-refractivity contribution is 6.33. The van der Waals surface area contributed by atoms with E-state index in [0.29, 0.717) is 65.0 Å². The molecule has 1 aliphatic carbocycles. The molecule has 7 heterocycles. The van der Waals surface area contributed by atoms with E-state index in [1.807, 2.05) is 23.9 Å². The molecule has 2 aromatic carbocycles. The molecule has 3 aromatic heterocycles. The molecule has 4 fully saturated rings. The molecule has 18 heteroatoms. The highest BCUT2D eigenvalue weighted by Gasteiger charge is 2.51. The topological polar surface area (TPSA) is 155 Å². The standard InChI is InChI=1S/C45H52ClF2N11O4/c1-44(2,26-14-16-57(17-15-26)33-7-5-6-28-35(54-56(4)37(28)33)29-11-13-34(60)51-41(29)61)59-20-18-58(19-21-59)43-49-23-31(46)40(53-43)50-27-10-12-32-30(22-27)36-38(42(62)55(32)3)63-24-45(47,48)39(52-36)25-8-9-25/h5-7,10,12,22-23,25-26,29,39,52H,8-9,11,13-21,24H2,1-4H3,(H,49,50,53)(H,51,60,61)/t29?,39-/m0/s1. The lowest BCUT2D eigenvalue weighted by atomic mass is 9.78. The number of amides is 2. The van der Waals surface area contributed by atoms with E-state index < -0.39 is 30.0 Å². The quantitative estimate of drug-likeness (QED) is 0.153. The Morgan fingerprint density at radius 2 is 1.70 bits per heavy atom. The van der Waals surface area contributed by atoms with E-state index in [2.05, 4.69) is 55.5 Å². The minimum atomic E-state index is -3.13. The van der Waals surface area contributed by atoms with E-state index in [0.717, 1.165) is 74.4 Å². The maximum Gasteiger partial charge on any atom is 0.301 e. The van der Waals surface area contributed by atoms with E-state index in [9.17, 15) is 14.4 Å². The molecule has 1 saturated carbocycles. The lowest BCUT2D eigenvalue weighted by Gasteiger charge is -2.50. The van der Waals surface area contributed by atoms with Crippen LogP contribution in [-0.2, 0) is 23.7 Å². The Labute approximate surface area is 368 Å². The van der Waals surface area contributed by atoms with Crippen LogP contribution < -0.4 is 36.0 Å². The number of hydrogen-bond donors (Lipinski definition) is 3. The summed E-state index contributed by atoms with van der Waals surface area (Å²) in [6.07, 6.45) is 5.82. The van der Waals surface area contributed by atoms with Gasteiger partial charge in [0, 0.05) is 81.8 Å². The second kappa shape index (κ2) is 15.6. The number of benzene rings is 2. The largest absolute Gasteiger partial charge is 0.480 e. The molecule has 63 heavy (non-hydrogen) atoms. The molecular formula is C45H52ClF2N11O4. The number of carbonyl (C=O) groups is 2. The number of imide groups is 1. The number of alkyl halides is 2. The summed E-state index contributed by atoms with van der Waals surface area (Å²) in [5.41, 5.74) is 3.80. The van der Waals surface area contributed by atoms with Crippen molar-refractivity contribution in [3.05, 3.63) is 63.7 Å². The van der Waals surface area contributed by atoms with Crippen molar-refractivity contribution in [3.63, 3.8) is 0 Å². The number of hydrogen-bond acceptors (Lipinski definition) is 12. The summed E-state index contributed by atoms with van der Waals surface area (Å²) in [5, 5.41) is 15.5. The van der Waals surface area contributed by atoms with Gasteiger partial charge in [0.15, 0.2) is 12.4 Å². The third-order valence-electron chi connectivity index (χ3n) is 14.3. The molecule has 5 aliphatic rings. The van der Waals surface area contributed by atoms with Crippen molar-refractivity contribution in [1.29, 1.82) is 0 Å². The fourth-order valence-corrected chi connectivity index (χ4v) is 10.5. The number of carbonyl (C=O) groups excluding carboxylic acids is 2. The van der Waals surface area contributed by atoms with Crippen LogP contribution in [0.1, 0.15) is 64.0 Å². The third kappa shape index (κ3) is 7.39. The number of aryl methyl sites for hydroxylation is 2. The SMILES string of the molecule is Cn1nc(C2CCC(=O)NC2=O)c2cccc(N3CCC(C(C)(C)N4CCN(c5ncc(Cl)c(Nc6ccc7c(c6)c6c(c(=O)n7C)OCC(F)(F)[C@H](C7CC7)N6)n5)CC4)CC3)c21. The minimum absolute atomic E-state index is 0.0461. The van der Waals surface area contributed by atoms with Crippen molar-refractivity contribution < 1.29 is 23.1 Å². The maximum absolute atomic E-state index is 15.2. The number of rotatable bonds is 8. The van der Waals surface area contributed by atoms with Crippen molar-refractivity contribution in [2.24, 2.45) is 25.9 Å². The first-order valence-corrected chi connectivity index (χ1v) is 22.3. The summed E-state index contributed by atoms with van der Waals surface area (Å²) in [5.74, 6) is -2.94. The number of anilines is 5. The van der Waals surface area contributed by atoms with Crippen LogP contribution >= 0.6 is 11.6 Å². The molecule has 10 rings (SSSR count). The second-order valence-corrected chi connectivity index (χ2v) is 18.8. The van der Waals surface area contributed by atoms with E-state index in [4.69, 9.17) is 26.4 Å². The molecule has 3 N–H and O–H groups in total. The smallest absolute Gasteiger partial charge is 0.301 e. The Morgan fingerprint density at radius 3 is 2.43 bits per heavy atom. The number of para-hydroxylation sites is 1. The van der Waals surface area contributed by atoms with Crippen LogP contribution in [0.15, 0.2) is 47.4 Å². The molecule has 15 nitrogen and oxygen atoms in total. The van der Waals surface area contributed by atoms with Crippen molar-refractivity contribution in [2.45, 2.75) is 75.8 Å². The van der Waals surface area contributed by atoms with Gasteiger partial charge in [-0.3, -0.25) is 29.3 Å². The first kappa shape index (κ1) is 41.5. The maximum atomic E-state index is 15.2. The van der Waals surface area contributed by atoms with Crippen LogP contribution in [0.2, 0.25) is 5.02 Å². The predicted molar refractivity (Wildman–Crippen MR) is 239 cm³/mol. The number of pyridine rings is 1. The minimum Gasteiger partial charge on any atom is -0.480 e. The molecule has 0 spiro atoms. The highest BCUT2D eigenvalue weighted by Crippen LogP contribution is 2.46. The molecule has 3 saturated heterocycles. The molecule has 2 amide bonds. The van der Waals surface area contributed by atoms with Crippen molar-refractivity contribution in [1.82, 2.24) is 34.5 Å². The van der Waals surface area contributed by atoms with Gasteiger partial charge >= 0.3 is 5.92 Å². The fourth-order valence-electron chi connectivity index (χ4n) is 10.4. The average Bonchev–Trinajstić information content (AvgIpc) is 4.08. The third-order valence-corrected chi connectivity index (χ3v) is 14.5. The summed E-state index contributed by atoms with van der Waals surface area (Å²) < 4.78 is 39.2. The Balaban J connectivity index is 0.803. The zero-order valence-corrected chi connectivity index (χ0v) is 36.6. The van der Waals surface area contributed by atoms with Gasteiger partial charge in [-0.2, -0.15) is 10.1 Å². The van der Waals surface area contributed by atoms with Gasteiger partial charge in [-0.1, -0.05) is 23.7 Å². The fraction of sp³-hybridized carbons (Fsp3) is 0.511. The molecule has 5 aromatic rings. The summed E-state index contributed by atoms with van der Waals surface area (Å²) in [7, 11) is 3.54. The summed E-state index contributed by atoms with van der Waals surface area (Å²) in [6, 6.07) is 10.5. The normalized spacial score (nSPS) is 22.4. The van der Waals surface area contributed by atoms with Gasteiger partial charge in [0.05, 0.1) is 46.3 Å². The van der Waals surface area contributed by atoms with Crippen LogP contribution in [0.25, 0.3) is 21.8 Å². The van der Waals surface area contributed by atoms with Gasteiger partial charge in [-0.05, 0) is 82.1 Å². The van der Waals surface area contributed by atoms with Gasteiger partial charge in [0.25, 0.3) is 5.56 Å². The lowest BCUT2D eigenvalue weighted by molar-refractivity contribution is -0.134. The molecule has 332 valence electrons. The van der Waals surface area contributed by atoms with Crippen LogP contribution in [0.4, 0.5) is 37.6 Å². The predicted octanol–water partition coefficient (Wildman–Crippen LogP) is 6.17. The zero-order chi connectivity index (χ0) is 43.9. The lowest BCUT2D eigenvalue weighted by Crippen LogP contribution is -2.59. The van der Waals surface area contributed by atoms with Gasteiger partial charge in [0.2, 0.25) is 23.5 Å². The van der Waals surface area contributed by atoms with Crippen molar-refractivity contribution in [3.8, 4) is 5.75 Å². The van der Waals surface area contributed by atoms with Crippen molar-refractivity contribution >= 4 is 74.0 Å². The molecule has 0 bridgehead atoms. The summed E-state index contributed by atoms with van der Waals surface area (Å²) >= 11 is 6.67. The molecular weight excluding hydrogens is 832 g/mol. The van der Waals surface area contributed by atoms with Gasteiger partial charge in [-0.25, -0.2) is 13.8 Å². The van der Waals surface area contributed by atoms with Gasteiger partial charge in [-0.15, -0.1) is 0 Å². The van der Waals surface area contributed by atoms with E-state index in [-0.39, 0.29) is 34.7 Å². The van der Waals surface area contributed by atoms with Crippen LogP contribution in [-0.4, -0.2) is 104 Å². The molecule has 1 unspecified atom stereocenters. The Bertz CT molecular complexity index is 2700. The Morgan fingerprint density at radius 1 is 0.937 bits per heavy atom. The monoisotopic (exact) mass is 883 g/mol.